The summed E-state index contributed by atoms with van der Waals surface area (Å²) in [4.78, 5) is 11.4. The zero-order valence-electron chi connectivity index (χ0n) is 9.68. The lowest BCUT2D eigenvalue weighted by molar-refractivity contribution is -0.116. The smallest absolute Gasteiger partial charge is 0.224 e. The van der Waals surface area contributed by atoms with Gasteiger partial charge >= 0.3 is 0 Å². The summed E-state index contributed by atoms with van der Waals surface area (Å²) in [7, 11) is 0. The molecule has 86 valence electrons. The largest absolute Gasteiger partial charge is 0.330 e. The van der Waals surface area contributed by atoms with Gasteiger partial charge in [-0.25, -0.2) is 0 Å². The van der Waals surface area contributed by atoms with E-state index in [2.05, 4.69) is 24.4 Å². The molecule has 0 spiro atoms. The molecular weight excluding hydrogens is 200 g/mol. The molecule has 0 fully saturated rings. The summed E-state index contributed by atoms with van der Waals surface area (Å²) < 4.78 is 0. The van der Waals surface area contributed by atoms with Gasteiger partial charge in [0.05, 0.1) is 0 Å². The summed E-state index contributed by atoms with van der Waals surface area (Å²) in [6, 6.07) is 4.35. The first kappa shape index (κ1) is 11.1. The van der Waals surface area contributed by atoms with Crippen LogP contribution >= 0.6 is 0 Å². The van der Waals surface area contributed by atoms with E-state index in [0.717, 1.165) is 24.9 Å². The van der Waals surface area contributed by atoms with Crippen LogP contribution in [0.5, 0.6) is 0 Å². The summed E-state index contributed by atoms with van der Waals surface area (Å²) in [5.41, 5.74) is 10.4. The van der Waals surface area contributed by atoms with Crippen molar-refractivity contribution >= 4 is 11.6 Å². The van der Waals surface area contributed by atoms with E-state index in [1.807, 2.05) is 0 Å². The van der Waals surface area contributed by atoms with Crippen molar-refractivity contribution < 1.29 is 4.79 Å². The molecule has 0 aliphatic carbocycles. The Morgan fingerprint density at radius 3 is 2.88 bits per heavy atom. The molecule has 1 aromatic carbocycles. The maximum absolute atomic E-state index is 11.4. The van der Waals surface area contributed by atoms with Gasteiger partial charge in [0.2, 0.25) is 5.91 Å². The van der Waals surface area contributed by atoms with Gasteiger partial charge in [-0.1, -0.05) is 19.1 Å². The molecule has 0 aromatic heterocycles. The molecule has 1 heterocycles. The fourth-order valence-corrected chi connectivity index (χ4v) is 2.24. The number of fused-ring (bicyclic) bond motifs is 1. The molecule has 1 aromatic rings. The molecular formula is C13H18N2O. The van der Waals surface area contributed by atoms with Crippen LogP contribution in [0.1, 0.15) is 30.0 Å². The van der Waals surface area contributed by atoms with Crippen molar-refractivity contribution in [2.24, 2.45) is 5.73 Å². The van der Waals surface area contributed by atoms with Crippen molar-refractivity contribution in [3.63, 3.8) is 0 Å². The maximum Gasteiger partial charge on any atom is 0.224 e. The number of hydrogen-bond donors (Lipinski definition) is 2. The second-order valence-corrected chi connectivity index (χ2v) is 4.23. The van der Waals surface area contributed by atoms with Gasteiger partial charge in [0.25, 0.3) is 0 Å². The Kier molecular flexibility index (Phi) is 3.25. The third-order valence-electron chi connectivity index (χ3n) is 3.06. The van der Waals surface area contributed by atoms with Gasteiger partial charge in [-0.2, -0.15) is 0 Å². The number of anilines is 1. The van der Waals surface area contributed by atoms with Crippen LogP contribution in [0.25, 0.3) is 0 Å². The Labute approximate surface area is 96.0 Å². The van der Waals surface area contributed by atoms with Gasteiger partial charge in [0, 0.05) is 12.1 Å². The lowest BCUT2D eigenvalue weighted by atomic mass is 9.94. The molecule has 0 atom stereocenters. The number of rotatable bonds is 3. The Balaban J connectivity index is 2.41. The number of benzene rings is 1. The van der Waals surface area contributed by atoms with Crippen LogP contribution in [0.15, 0.2) is 12.1 Å². The molecule has 16 heavy (non-hydrogen) atoms. The van der Waals surface area contributed by atoms with E-state index >= 15 is 0 Å². The lowest BCUT2D eigenvalue weighted by Gasteiger charge is -2.21. The fourth-order valence-electron chi connectivity index (χ4n) is 2.24. The second kappa shape index (κ2) is 4.66. The van der Waals surface area contributed by atoms with Gasteiger partial charge < -0.3 is 11.1 Å². The lowest BCUT2D eigenvalue weighted by Crippen LogP contribution is -2.21. The monoisotopic (exact) mass is 218 g/mol. The Morgan fingerprint density at radius 2 is 2.19 bits per heavy atom. The van der Waals surface area contributed by atoms with E-state index in [1.54, 1.807) is 0 Å². The molecule has 0 radical (unpaired) electrons. The van der Waals surface area contributed by atoms with Crippen LogP contribution in [0.4, 0.5) is 5.69 Å². The van der Waals surface area contributed by atoms with Crippen molar-refractivity contribution in [3.8, 4) is 0 Å². The summed E-state index contributed by atoms with van der Waals surface area (Å²) in [5, 5.41) is 2.98. The Morgan fingerprint density at radius 1 is 1.38 bits per heavy atom. The quantitative estimate of drug-likeness (QED) is 0.810. The SMILES string of the molecule is CCc1cc(CCN)cc2c1NC(=O)CC2. The van der Waals surface area contributed by atoms with Gasteiger partial charge in [0.15, 0.2) is 0 Å². The van der Waals surface area contributed by atoms with Gasteiger partial charge in [-0.15, -0.1) is 0 Å². The minimum Gasteiger partial charge on any atom is -0.330 e. The van der Waals surface area contributed by atoms with E-state index < -0.39 is 0 Å². The van der Waals surface area contributed by atoms with Crippen molar-refractivity contribution in [3.05, 3.63) is 28.8 Å². The second-order valence-electron chi connectivity index (χ2n) is 4.23. The first-order valence-electron chi connectivity index (χ1n) is 5.89. The van der Waals surface area contributed by atoms with Gasteiger partial charge in [-0.3, -0.25) is 4.79 Å². The van der Waals surface area contributed by atoms with Crippen LogP contribution in [0.3, 0.4) is 0 Å². The summed E-state index contributed by atoms with van der Waals surface area (Å²) >= 11 is 0. The van der Waals surface area contributed by atoms with Gasteiger partial charge in [0.1, 0.15) is 0 Å². The molecule has 0 unspecified atom stereocenters. The summed E-state index contributed by atoms with van der Waals surface area (Å²) in [6.07, 6.45) is 3.31. The van der Waals surface area contributed by atoms with Crippen molar-refractivity contribution in [1.82, 2.24) is 0 Å². The average Bonchev–Trinajstić information content (AvgIpc) is 2.29. The molecule has 3 nitrogen and oxygen atoms in total. The van der Waals surface area contributed by atoms with Crippen LogP contribution in [-0.4, -0.2) is 12.5 Å². The normalized spacial score (nSPS) is 14.5. The molecule has 1 amide bonds. The standard InChI is InChI=1S/C13H18N2O/c1-2-10-7-9(5-6-14)8-11-3-4-12(16)15-13(10)11/h7-8H,2-6,14H2,1H3,(H,15,16). The van der Waals surface area contributed by atoms with E-state index in [4.69, 9.17) is 5.73 Å². The fraction of sp³-hybridized carbons (Fsp3) is 0.462. The number of aryl methyl sites for hydroxylation is 2. The molecule has 0 saturated carbocycles. The van der Waals surface area contributed by atoms with Crippen molar-refractivity contribution in [1.29, 1.82) is 0 Å². The molecule has 2 rings (SSSR count). The number of carbonyl (C=O) groups is 1. The third kappa shape index (κ3) is 2.09. The van der Waals surface area contributed by atoms with Crippen molar-refractivity contribution in [2.45, 2.75) is 32.6 Å². The first-order valence-corrected chi connectivity index (χ1v) is 5.89. The third-order valence-corrected chi connectivity index (χ3v) is 3.06. The van der Waals surface area contributed by atoms with Crippen LogP contribution < -0.4 is 11.1 Å². The van der Waals surface area contributed by atoms with Crippen molar-refractivity contribution in [2.75, 3.05) is 11.9 Å². The highest BCUT2D eigenvalue weighted by atomic mass is 16.1. The topological polar surface area (TPSA) is 55.1 Å². The molecule has 3 heteroatoms. The molecule has 0 bridgehead atoms. The molecule has 3 N–H and O–H groups in total. The van der Waals surface area contributed by atoms with E-state index in [1.165, 1.54) is 16.7 Å². The minimum atomic E-state index is 0.133. The van der Waals surface area contributed by atoms with Gasteiger partial charge in [-0.05, 0) is 42.5 Å². The van der Waals surface area contributed by atoms with Crippen LogP contribution in [0, 0.1) is 0 Å². The number of hydrogen-bond acceptors (Lipinski definition) is 2. The number of nitrogens with two attached hydrogens (primary N) is 1. The number of carbonyl (C=O) groups excluding carboxylic acids is 1. The predicted octanol–water partition coefficient (Wildman–Crippen LogP) is 1.63. The minimum absolute atomic E-state index is 0.133. The highest BCUT2D eigenvalue weighted by Crippen LogP contribution is 2.28. The molecule has 1 aliphatic heterocycles. The van der Waals surface area contributed by atoms with Crippen LogP contribution in [0.2, 0.25) is 0 Å². The highest BCUT2D eigenvalue weighted by Gasteiger charge is 2.17. The van der Waals surface area contributed by atoms with E-state index in [0.29, 0.717) is 13.0 Å². The number of nitrogens with one attached hydrogen (secondary N) is 1. The first-order chi connectivity index (χ1) is 7.74. The number of amides is 1. The zero-order valence-corrected chi connectivity index (χ0v) is 9.68. The Bertz CT molecular complexity index is 395. The zero-order chi connectivity index (χ0) is 11.5. The summed E-state index contributed by atoms with van der Waals surface area (Å²) in [5.74, 6) is 0.133. The molecule has 0 saturated heterocycles. The average molecular weight is 218 g/mol. The Hall–Kier alpha value is -1.35. The van der Waals surface area contributed by atoms with E-state index in [-0.39, 0.29) is 5.91 Å². The summed E-state index contributed by atoms with van der Waals surface area (Å²) in [6.45, 7) is 2.79. The highest BCUT2D eigenvalue weighted by molar-refractivity contribution is 5.94. The maximum atomic E-state index is 11.4. The van der Waals surface area contributed by atoms with Crippen LogP contribution in [-0.2, 0) is 24.1 Å². The molecule has 1 aliphatic rings. The van der Waals surface area contributed by atoms with E-state index in [9.17, 15) is 4.79 Å². The predicted molar refractivity (Wildman–Crippen MR) is 65.5 cm³/mol.